The summed E-state index contributed by atoms with van der Waals surface area (Å²) in [5.41, 5.74) is 2.46. The van der Waals surface area contributed by atoms with E-state index in [1.165, 1.54) is 12.1 Å². The SMILES string of the molecule is COc1ccc2c(c1)CCCCN2C(=O)c1cccc(C(=O)O)c1. The lowest BCUT2D eigenvalue weighted by atomic mass is 10.1. The molecule has 3 rings (SSSR count). The highest BCUT2D eigenvalue weighted by molar-refractivity contribution is 6.07. The maximum Gasteiger partial charge on any atom is 0.335 e. The number of amides is 1. The van der Waals surface area contributed by atoms with E-state index in [9.17, 15) is 9.59 Å². The molecule has 124 valence electrons. The Kier molecular flexibility index (Phi) is 4.51. The summed E-state index contributed by atoms with van der Waals surface area (Å²) in [6.45, 7) is 0.620. The normalized spacial score (nSPS) is 13.8. The minimum absolute atomic E-state index is 0.116. The first-order valence-electron chi connectivity index (χ1n) is 7.92. The van der Waals surface area contributed by atoms with Crippen LogP contribution in [0.1, 0.15) is 39.1 Å². The van der Waals surface area contributed by atoms with Crippen LogP contribution < -0.4 is 9.64 Å². The Balaban J connectivity index is 1.98. The number of nitrogens with zero attached hydrogens (tertiary/aromatic N) is 1. The van der Waals surface area contributed by atoms with Crippen LogP contribution >= 0.6 is 0 Å². The predicted molar refractivity (Wildman–Crippen MR) is 91.0 cm³/mol. The van der Waals surface area contributed by atoms with Gasteiger partial charge >= 0.3 is 5.97 Å². The van der Waals surface area contributed by atoms with Gasteiger partial charge in [0.1, 0.15) is 5.75 Å². The van der Waals surface area contributed by atoms with Crippen molar-refractivity contribution in [1.82, 2.24) is 0 Å². The van der Waals surface area contributed by atoms with Crippen LogP contribution in [0.15, 0.2) is 42.5 Å². The molecule has 0 saturated heterocycles. The Hall–Kier alpha value is -2.82. The average Bonchev–Trinajstić information content (AvgIpc) is 2.82. The number of fused-ring (bicyclic) bond motifs is 1. The van der Waals surface area contributed by atoms with Crippen LogP contribution in [0.4, 0.5) is 5.69 Å². The zero-order valence-corrected chi connectivity index (χ0v) is 13.5. The van der Waals surface area contributed by atoms with Crippen molar-refractivity contribution in [3.8, 4) is 5.75 Å². The molecule has 1 heterocycles. The second-order valence-corrected chi connectivity index (χ2v) is 5.79. The van der Waals surface area contributed by atoms with Crippen molar-refractivity contribution in [2.24, 2.45) is 0 Å². The van der Waals surface area contributed by atoms with E-state index >= 15 is 0 Å². The van der Waals surface area contributed by atoms with Gasteiger partial charge in [-0.25, -0.2) is 4.79 Å². The summed E-state index contributed by atoms with van der Waals surface area (Å²) in [6.07, 6.45) is 2.80. The quantitative estimate of drug-likeness (QED) is 0.939. The van der Waals surface area contributed by atoms with E-state index < -0.39 is 5.97 Å². The zero-order valence-electron chi connectivity index (χ0n) is 13.5. The van der Waals surface area contributed by atoms with Gasteiger partial charge in [0.15, 0.2) is 0 Å². The van der Waals surface area contributed by atoms with Gasteiger partial charge in [-0.3, -0.25) is 4.79 Å². The lowest BCUT2D eigenvalue weighted by Crippen LogP contribution is -2.31. The van der Waals surface area contributed by atoms with Crippen molar-refractivity contribution in [3.63, 3.8) is 0 Å². The van der Waals surface area contributed by atoms with Crippen LogP contribution in [0.5, 0.6) is 5.75 Å². The molecule has 24 heavy (non-hydrogen) atoms. The molecule has 0 aromatic heterocycles. The number of rotatable bonds is 3. The molecule has 1 aliphatic heterocycles. The average molecular weight is 325 g/mol. The first kappa shape index (κ1) is 16.1. The molecule has 1 amide bonds. The Morgan fingerprint density at radius 1 is 1.08 bits per heavy atom. The third-order valence-corrected chi connectivity index (χ3v) is 4.26. The van der Waals surface area contributed by atoms with E-state index in [1.807, 2.05) is 18.2 Å². The number of carboxylic acids is 1. The second kappa shape index (κ2) is 6.74. The number of benzene rings is 2. The molecular formula is C19H19NO4. The summed E-state index contributed by atoms with van der Waals surface area (Å²) in [5, 5.41) is 9.12. The molecule has 0 fully saturated rings. The molecule has 0 unspecified atom stereocenters. The molecule has 2 aromatic rings. The largest absolute Gasteiger partial charge is 0.497 e. The third-order valence-electron chi connectivity index (χ3n) is 4.26. The Bertz CT molecular complexity index is 785. The molecule has 0 saturated carbocycles. The highest BCUT2D eigenvalue weighted by atomic mass is 16.5. The van der Waals surface area contributed by atoms with Gasteiger partial charge in [-0.15, -0.1) is 0 Å². The van der Waals surface area contributed by atoms with E-state index in [1.54, 1.807) is 24.1 Å². The monoisotopic (exact) mass is 325 g/mol. The van der Waals surface area contributed by atoms with Crippen molar-refractivity contribution in [2.45, 2.75) is 19.3 Å². The second-order valence-electron chi connectivity index (χ2n) is 5.79. The molecule has 0 bridgehead atoms. The van der Waals surface area contributed by atoms with E-state index in [-0.39, 0.29) is 11.5 Å². The van der Waals surface area contributed by atoms with Crippen LogP contribution in [0.25, 0.3) is 0 Å². The Labute approximate surface area is 140 Å². The molecule has 0 spiro atoms. The number of carboxylic acid groups (broad SMARTS) is 1. The highest BCUT2D eigenvalue weighted by Gasteiger charge is 2.23. The Morgan fingerprint density at radius 3 is 2.62 bits per heavy atom. The van der Waals surface area contributed by atoms with Gasteiger partial charge in [0, 0.05) is 17.8 Å². The topological polar surface area (TPSA) is 66.8 Å². The molecule has 2 aromatic carbocycles. The number of carbonyl (C=O) groups excluding carboxylic acids is 1. The van der Waals surface area contributed by atoms with E-state index in [2.05, 4.69) is 0 Å². The lowest BCUT2D eigenvalue weighted by Gasteiger charge is -2.23. The van der Waals surface area contributed by atoms with E-state index in [0.29, 0.717) is 12.1 Å². The molecule has 5 nitrogen and oxygen atoms in total. The molecule has 1 N–H and O–H groups in total. The van der Waals surface area contributed by atoms with Crippen molar-refractivity contribution in [3.05, 3.63) is 59.2 Å². The fourth-order valence-corrected chi connectivity index (χ4v) is 3.01. The fraction of sp³-hybridized carbons (Fsp3) is 0.263. The van der Waals surface area contributed by atoms with Crippen LogP contribution in [0.3, 0.4) is 0 Å². The van der Waals surface area contributed by atoms with Crippen LogP contribution in [-0.2, 0) is 6.42 Å². The number of ether oxygens (including phenoxy) is 1. The lowest BCUT2D eigenvalue weighted by molar-refractivity contribution is 0.0697. The Morgan fingerprint density at radius 2 is 1.88 bits per heavy atom. The molecular weight excluding hydrogens is 306 g/mol. The number of aromatic carboxylic acids is 1. The molecule has 0 aliphatic carbocycles. The number of hydrogen-bond donors (Lipinski definition) is 1. The van der Waals surface area contributed by atoms with Crippen molar-refractivity contribution in [2.75, 3.05) is 18.6 Å². The molecule has 5 heteroatoms. The van der Waals surface area contributed by atoms with Gasteiger partial charge in [0.25, 0.3) is 5.91 Å². The van der Waals surface area contributed by atoms with Gasteiger partial charge in [-0.05, 0) is 61.2 Å². The minimum atomic E-state index is -1.04. The van der Waals surface area contributed by atoms with Gasteiger partial charge < -0.3 is 14.7 Å². The van der Waals surface area contributed by atoms with Crippen molar-refractivity contribution >= 4 is 17.6 Å². The van der Waals surface area contributed by atoms with Crippen molar-refractivity contribution in [1.29, 1.82) is 0 Å². The fourth-order valence-electron chi connectivity index (χ4n) is 3.01. The number of aryl methyl sites for hydroxylation is 1. The van der Waals surface area contributed by atoms with Crippen LogP contribution in [-0.4, -0.2) is 30.6 Å². The summed E-state index contributed by atoms with van der Waals surface area (Å²) in [6, 6.07) is 11.9. The summed E-state index contributed by atoms with van der Waals surface area (Å²) in [5.74, 6) is -0.437. The number of carbonyl (C=O) groups is 2. The standard InChI is InChI=1S/C19H19NO4/c1-24-16-8-9-17-13(12-16)5-2-3-10-20(17)18(21)14-6-4-7-15(11-14)19(22)23/h4,6-9,11-12H,2-3,5,10H2,1H3,(H,22,23). The van der Waals surface area contributed by atoms with Gasteiger partial charge in [0.2, 0.25) is 0 Å². The van der Waals surface area contributed by atoms with Gasteiger partial charge in [-0.2, -0.15) is 0 Å². The summed E-state index contributed by atoms with van der Waals surface area (Å²) in [4.78, 5) is 25.8. The summed E-state index contributed by atoms with van der Waals surface area (Å²) in [7, 11) is 1.62. The van der Waals surface area contributed by atoms with Gasteiger partial charge in [-0.1, -0.05) is 6.07 Å². The zero-order chi connectivity index (χ0) is 17.1. The van der Waals surface area contributed by atoms with E-state index in [4.69, 9.17) is 9.84 Å². The number of anilines is 1. The maximum atomic E-state index is 12.9. The highest BCUT2D eigenvalue weighted by Crippen LogP contribution is 2.31. The van der Waals surface area contributed by atoms with Gasteiger partial charge in [0.05, 0.1) is 12.7 Å². The first-order chi connectivity index (χ1) is 11.6. The number of hydrogen-bond acceptors (Lipinski definition) is 3. The van der Waals surface area contributed by atoms with Crippen LogP contribution in [0.2, 0.25) is 0 Å². The summed E-state index contributed by atoms with van der Waals surface area (Å²) >= 11 is 0. The van der Waals surface area contributed by atoms with Crippen molar-refractivity contribution < 1.29 is 19.4 Å². The number of methoxy groups -OCH3 is 1. The van der Waals surface area contributed by atoms with E-state index in [0.717, 1.165) is 36.3 Å². The first-order valence-corrected chi connectivity index (χ1v) is 7.92. The third kappa shape index (κ3) is 3.11. The smallest absolute Gasteiger partial charge is 0.335 e. The minimum Gasteiger partial charge on any atom is -0.497 e. The summed E-state index contributed by atoms with van der Waals surface area (Å²) < 4.78 is 5.27. The predicted octanol–water partition coefficient (Wildman–Crippen LogP) is 3.38. The molecule has 1 aliphatic rings. The maximum absolute atomic E-state index is 12.9. The molecule has 0 radical (unpaired) electrons. The van der Waals surface area contributed by atoms with Crippen LogP contribution in [0, 0.1) is 0 Å². The molecule has 0 atom stereocenters.